The molecular formula is C32H47N5O5. The molecule has 1 heterocycles. The fourth-order valence-corrected chi connectivity index (χ4v) is 6.44. The fourth-order valence-electron chi connectivity index (χ4n) is 6.44. The Morgan fingerprint density at radius 1 is 0.952 bits per heavy atom. The van der Waals surface area contributed by atoms with Crippen LogP contribution in [0.25, 0.3) is 0 Å². The Labute approximate surface area is 248 Å². The van der Waals surface area contributed by atoms with E-state index in [0.717, 1.165) is 56.9 Å². The summed E-state index contributed by atoms with van der Waals surface area (Å²) in [7, 11) is 0. The van der Waals surface area contributed by atoms with E-state index in [-0.39, 0.29) is 11.8 Å². The van der Waals surface area contributed by atoms with Gasteiger partial charge in [0.15, 0.2) is 0 Å². The first-order valence-corrected chi connectivity index (χ1v) is 15.5. The van der Waals surface area contributed by atoms with Crippen LogP contribution in [0.2, 0.25) is 0 Å². The van der Waals surface area contributed by atoms with Gasteiger partial charge in [0.1, 0.15) is 12.1 Å². The summed E-state index contributed by atoms with van der Waals surface area (Å²) in [5.74, 6) is -2.42. The molecule has 1 aromatic rings. The Morgan fingerprint density at radius 2 is 1.62 bits per heavy atom. The third-order valence-electron chi connectivity index (χ3n) is 8.94. The highest BCUT2D eigenvalue weighted by atomic mass is 16.2. The second-order valence-electron chi connectivity index (χ2n) is 13.6. The van der Waals surface area contributed by atoms with Crippen LogP contribution in [0, 0.1) is 11.3 Å². The first-order valence-electron chi connectivity index (χ1n) is 15.5. The molecule has 1 aliphatic heterocycles. The van der Waals surface area contributed by atoms with Crippen LogP contribution < -0.4 is 21.7 Å². The number of carbonyl (C=O) groups is 5. The van der Waals surface area contributed by atoms with Crippen molar-refractivity contribution < 1.29 is 24.0 Å². The van der Waals surface area contributed by atoms with Crippen molar-refractivity contribution in [3.8, 4) is 0 Å². The lowest BCUT2D eigenvalue weighted by Crippen LogP contribution is -2.62. The SMILES string of the molecule is CC(C)(C)C(NC(=O)NC1(Cc2ccccc2)CCCCC1)C(=O)N1CCC[C@H]1C(=O)NC(CC1CC1)C(=O)C(N)=O. The number of ketones is 1. The lowest BCUT2D eigenvalue weighted by molar-refractivity contribution is -0.143. The normalized spacial score (nSPS) is 21.6. The number of hydrogen-bond acceptors (Lipinski definition) is 5. The summed E-state index contributed by atoms with van der Waals surface area (Å²) in [6.07, 6.45) is 8.94. The van der Waals surface area contributed by atoms with E-state index in [1.54, 1.807) is 0 Å². The summed E-state index contributed by atoms with van der Waals surface area (Å²) in [5.41, 5.74) is 5.37. The van der Waals surface area contributed by atoms with Gasteiger partial charge in [-0.1, -0.05) is 83.2 Å². The topological polar surface area (TPSA) is 151 Å². The minimum absolute atomic E-state index is 0.280. The number of primary amides is 1. The largest absolute Gasteiger partial charge is 0.363 e. The lowest BCUT2D eigenvalue weighted by atomic mass is 9.77. The standard InChI is InChI=1S/C32H47N5O5/c1-31(2,3)26(35-30(42)36-32(16-8-5-9-17-32)20-22-11-6-4-7-12-22)29(41)37-18-10-13-24(37)28(40)34-23(19-21-14-15-21)25(38)27(33)39/h4,6-7,11-12,21,23-24,26H,5,8-10,13-20H2,1-3H3,(H2,33,39)(H,34,40)(H2,35,36,42)/t23?,24-,26?/m0/s1. The summed E-state index contributed by atoms with van der Waals surface area (Å²) < 4.78 is 0. The molecule has 4 rings (SSSR count). The van der Waals surface area contributed by atoms with Gasteiger partial charge < -0.3 is 26.6 Å². The van der Waals surface area contributed by atoms with E-state index in [0.29, 0.717) is 25.8 Å². The molecule has 230 valence electrons. The number of urea groups is 1. The van der Waals surface area contributed by atoms with Crippen LogP contribution in [0.15, 0.2) is 30.3 Å². The summed E-state index contributed by atoms with van der Waals surface area (Å²) >= 11 is 0. The van der Waals surface area contributed by atoms with E-state index in [4.69, 9.17) is 5.73 Å². The zero-order valence-corrected chi connectivity index (χ0v) is 25.2. The number of benzene rings is 1. The van der Waals surface area contributed by atoms with Gasteiger partial charge in [0.05, 0.1) is 6.04 Å². The second kappa shape index (κ2) is 13.3. The monoisotopic (exact) mass is 581 g/mol. The molecule has 0 spiro atoms. The van der Waals surface area contributed by atoms with Crippen molar-refractivity contribution in [2.75, 3.05) is 6.54 Å². The molecule has 10 nitrogen and oxygen atoms in total. The van der Waals surface area contributed by atoms with Crippen molar-refractivity contribution in [1.29, 1.82) is 0 Å². The van der Waals surface area contributed by atoms with Gasteiger partial charge >= 0.3 is 6.03 Å². The number of likely N-dealkylation sites (tertiary alicyclic amines) is 1. The second-order valence-corrected chi connectivity index (χ2v) is 13.6. The van der Waals surface area contributed by atoms with Crippen LogP contribution in [0.3, 0.4) is 0 Å². The van der Waals surface area contributed by atoms with E-state index in [1.807, 2.05) is 39.0 Å². The molecule has 1 saturated heterocycles. The Hall–Kier alpha value is -3.43. The molecule has 2 unspecified atom stereocenters. The first kappa shape index (κ1) is 31.5. The molecular weight excluding hydrogens is 534 g/mol. The zero-order chi connectivity index (χ0) is 30.5. The Bertz CT molecular complexity index is 1150. The average Bonchev–Trinajstić information content (AvgIpc) is 3.61. The Balaban J connectivity index is 1.46. The molecule has 42 heavy (non-hydrogen) atoms. The van der Waals surface area contributed by atoms with E-state index in [9.17, 15) is 24.0 Å². The van der Waals surface area contributed by atoms with Crippen molar-refractivity contribution >= 4 is 29.5 Å². The molecule has 5 N–H and O–H groups in total. The number of carbonyl (C=O) groups excluding carboxylic acids is 5. The van der Waals surface area contributed by atoms with Gasteiger partial charge in [-0.3, -0.25) is 19.2 Å². The maximum atomic E-state index is 14.0. The number of hydrogen-bond donors (Lipinski definition) is 4. The highest BCUT2D eigenvalue weighted by molar-refractivity contribution is 6.37. The molecule has 1 aromatic carbocycles. The number of nitrogens with zero attached hydrogens (tertiary/aromatic N) is 1. The minimum Gasteiger partial charge on any atom is -0.363 e. The molecule has 0 bridgehead atoms. The number of rotatable bonds is 11. The van der Waals surface area contributed by atoms with E-state index >= 15 is 0 Å². The quantitative estimate of drug-likeness (QED) is 0.296. The molecule has 3 fully saturated rings. The zero-order valence-electron chi connectivity index (χ0n) is 25.2. The van der Waals surface area contributed by atoms with Gasteiger partial charge in [-0.05, 0) is 55.4 Å². The van der Waals surface area contributed by atoms with Crippen molar-refractivity contribution in [2.24, 2.45) is 17.1 Å². The summed E-state index contributed by atoms with van der Waals surface area (Å²) in [6, 6.07) is 7.07. The first-order chi connectivity index (χ1) is 19.9. The minimum atomic E-state index is -1.08. The van der Waals surface area contributed by atoms with Crippen LogP contribution in [0.1, 0.15) is 90.5 Å². The van der Waals surface area contributed by atoms with Gasteiger partial charge in [-0.25, -0.2) is 4.79 Å². The van der Waals surface area contributed by atoms with Crippen molar-refractivity contribution in [3.05, 3.63) is 35.9 Å². The maximum Gasteiger partial charge on any atom is 0.315 e. The van der Waals surface area contributed by atoms with Crippen LogP contribution in [-0.4, -0.2) is 64.6 Å². The molecule has 3 aliphatic rings. The molecule has 0 aromatic heterocycles. The van der Waals surface area contributed by atoms with Crippen molar-refractivity contribution in [1.82, 2.24) is 20.9 Å². The van der Waals surface area contributed by atoms with Gasteiger partial charge in [-0.2, -0.15) is 0 Å². The lowest BCUT2D eigenvalue weighted by Gasteiger charge is -2.40. The number of nitrogens with one attached hydrogen (secondary N) is 3. The third kappa shape index (κ3) is 8.10. The molecule has 0 radical (unpaired) electrons. The predicted octanol–water partition coefficient (Wildman–Crippen LogP) is 2.98. The number of Topliss-reactive ketones (excluding diaryl/α,β-unsaturated/α-hetero) is 1. The predicted molar refractivity (Wildman–Crippen MR) is 159 cm³/mol. The van der Waals surface area contributed by atoms with Crippen LogP contribution in [0.5, 0.6) is 0 Å². The van der Waals surface area contributed by atoms with E-state index < -0.39 is 52.7 Å². The molecule has 10 heteroatoms. The third-order valence-corrected chi connectivity index (χ3v) is 8.94. The van der Waals surface area contributed by atoms with Crippen LogP contribution in [-0.2, 0) is 25.6 Å². The summed E-state index contributed by atoms with van der Waals surface area (Å²) in [6.45, 7) is 6.03. The maximum absolute atomic E-state index is 14.0. The van der Waals surface area contributed by atoms with Crippen LogP contribution in [0.4, 0.5) is 4.79 Å². The van der Waals surface area contributed by atoms with Gasteiger partial charge in [0, 0.05) is 12.1 Å². The highest BCUT2D eigenvalue weighted by Crippen LogP contribution is 2.34. The highest BCUT2D eigenvalue weighted by Gasteiger charge is 2.44. The molecule has 3 atom stereocenters. The molecule has 5 amide bonds. The smallest absolute Gasteiger partial charge is 0.315 e. The van der Waals surface area contributed by atoms with Crippen molar-refractivity contribution in [3.63, 3.8) is 0 Å². The van der Waals surface area contributed by atoms with Crippen LogP contribution >= 0.6 is 0 Å². The van der Waals surface area contributed by atoms with Gasteiger partial charge in [0.25, 0.3) is 5.91 Å². The Kier molecular flexibility index (Phi) is 9.94. The van der Waals surface area contributed by atoms with E-state index in [2.05, 4.69) is 28.1 Å². The number of nitrogens with two attached hydrogens (primary N) is 1. The van der Waals surface area contributed by atoms with Gasteiger partial charge in [0.2, 0.25) is 17.6 Å². The van der Waals surface area contributed by atoms with E-state index in [1.165, 1.54) is 4.90 Å². The van der Waals surface area contributed by atoms with Crippen molar-refractivity contribution in [2.45, 2.75) is 115 Å². The fraction of sp³-hybridized carbons (Fsp3) is 0.656. The average molecular weight is 582 g/mol. The Morgan fingerprint density at radius 3 is 2.21 bits per heavy atom. The molecule has 2 saturated carbocycles. The van der Waals surface area contributed by atoms with Gasteiger partial charge in [-0.15, -0.1) is 0 Å². The summed E-state index contributed by atoms with van der Waals surface area (Å²) in [5, 5.41) is 8.94. The summed E-state index contributed by atoms with van der Waals surface area (Å²) in [4.78, 5) is 66.4. The number of amides is 5. The molecule has 2 aliphatic carbocycles.